The SMILES string of the molecule is CN(C)c1ncc(CNCC2COCCN2C(=O)OC(C)(C)C)n1C. The zero-order valence-electron chi connectivity index (χ0n) is 16.2. The number of hydrogen-bond acceptors (Lipinski definition) is 6. The smallest absolute Gasteiger partial charge is 0.410 e. The van der Waals surface area contributed by atoms with Crippen molar-refractivity contribution in [2.24, 2.45) is 7.05 Å². The Morgan fingerprint density at radius 3 is 2.80 bits per heavy atom. The molecule has 0 spiro atoms. The van der Waals surface area contributed by atoms with Crippen LogP contribution in [0.4, 0.5) is 10.7 Å². The first-order valence-corrected chi connectivity index (χ1v) is 8.65. The summed E-state index contributed by atoms with van der Waals surface area (Å²) in [6, 6.07) is -0.0369. The summed E-state index contributed by atoms with van der Waals surface area (Å²) in [5.74, 6) is 0.910. The van der Waals surface area contributed by atoms with Crippen LogP contribution in [0.15, 0.2) is 6.20 Å². The van der Waals surface area contributed by atoms with Crippen LogP contribution in [-0.4, -0.2) is 72.6 Å². The number of amides is 1. The molecule has 25 heavy (non-hydrogen) atoms. The van der Waals surface area contributed by atoms with Gasteiger partial charge in [-0.2, -0.15) is 0 Å². The molecule has 0 aromatic carbocycles. The molecule has 1 aromatic rings. The molecule has 0 saturated carbocycles. The maximum absolute atomic E-state index is 12.4. The number of nitrogens with zero attached hydrogens (tertiary/aromatic N) is 4. The third kappa shape index (κ3) is 5.34. The molecule has 8 nitrogen and oxygen atoms in total. The zero-order chi connectivity index (χ0) is 18.6. The second kappa shape index (κ2) is 8.05. The van der Waals surface area contributed by atoms with Crippen molar-refractivity contribution in [3.8, 4) is 0 Å². The number of imidazole rings is 1. The lowest BCUT2D eigenvalue weighted by atomic mass is 10.2. The minimum atomic E-state index is -0.495. The van der Waals surface area contributed by atoms with E-state index in [9.17, 15) is 4.79 Å². The Labute approximate surface area is 150 Å². The summed E-state index contributed by atoms with van der Waals surface area (Å²) in [5, 5.41) is 3.40. The molecule has 1 fully saturated rings. The summed E-state index contributed by atoms with van der Waals surface area (Å²) >= 11 is 0. The van der Waals surface area contributed by atoms with Crippen LogP contribution in [0, 0.1) is 0 Å². The van der Waals surface area contributed by atoms with Gasteiger partial charge in [-0.15, -0.1) is 0 Å². The van der Waals surface area contributed by atoms with Crippen LogP contribution < -0.4 is 10.2 Å². The molecule has 142 valence electrons. The highest BCUT2D eigenvalue weighted by molar-refractivity contribution is 5.68. The summed E-state index contributed by atoms with van der Waals surface area (Å²) in [5.41, 5.74) is 0.592. The van der Waals surface area contributed by atoms with E-state index in [-0.39, 0.29) is 12.1 Å². The number of anilines is 1. The Hall–Kier alpha value is -1.80. The zero-order valence-corrected chi connectivity index (χ0v) is 16.2. The summed E-state index contributed by atoms with van der Waals surface area (Å²) in [6.07, 6.45) is 1.59. The number of morpholine rings is 1. The predicted molar refractivity (Wildman–Crippen MR) is 96.8 cm³/mol. The van der Waals surface area contributed by atoms with E-state index in [1.807, 2.05) is 53.0 Å². The van der Waals surface area contributed by atoms with Crippen LogP contribution in [0.25, 0.3) is 0 Å². The predicted octanol–water partition coefficient (Wildman–Crippen LogP) is 1.21. The van der Waals surface area contributed by atoms with Crippen molar-refractivity contribution in [1.82, 2.24) is 19.8 Å². The van der Waals surface area contributed by atoms with E-state index in [1.54, 1.807) is 4.90 Å². The Morgan fingerprint density at radius 2 is 2.20 bits per heavy atom. The molecule has 1 N–H and O–H groups in total. The average molecular weight is 353 g/mol. The monoisotopic (exact) mass is 353 g/mol. The van der Waals surface area contributed by atoms with Gasteiger partial charge in [0.1, 0.15) is 5.60 Å². The number of aromatic nitrogens is 2. The van der Waals surface area contributed by atoms with Gasteiger partial charge in [-0.1, -0.05) is 0 Å². The molecule has 0 radical (unpaired) electrons. The normalized spacial score (nSPS) is 18.3. The molecule has 0 aliphatic carbocycles. The van der Waals surface area contributed by atoms with Crippen LogP contribution in [0.5, 0.6) is 0 Å². The molecule has 8 heteroatoms. The molecule has 1 saturated heterocycles. The lowest BCUT2D eigenvalue weighted by Gasteiger charge is -2.36. The van der Waals surface area contributed by atoms with Crippen LogP contribution in [0.2, 0.25) is 0 Å². The van der Waals surface area contributed by atoms with Crippen molar-refractivity contribution in [1.29, 1.82) is 0 Å². The first kappa shape index (κ1) is 19.5. The second-order valence-electron chi connectivity index (χ2n) is 7.54. The van der Waals surface area contributed by atoms with Gasteiger partial charge in [0.05, 0.1) is 31.1 Å². The highest BCUT2D eigenvalue weighted by Gasteiger charge is 2.30. The van der Waals surface area contributed by atoms with Gasteiger partial charge in [0.25, 0.3) is 0 Å². The standard InChI is InChI=1S/C17H31N5O3/c1-17(2,3)25-16(23)22-7-8-24-12-14(22)10-18-9-13-11-19-15(20(4)5)21(13)6/h11,14,18H,7-10,12H2,1-6H3. The van der Waals surface area contributed by atoms with Gasteiger partial charge >= 0.3 is 6.09 Å². The number of ether oxygens (including phenoxy) is 2. The lowest BCUT2D eigenvalue weighted by molar-refractivity contribution is -0.0317. The number of carbonyl (C=O) groups is 1. The Balaban J connectivity index is 1.90. The first-order chi connectivity index (χ1) is 11.7. The summed E-state index contributed by atoms with van der Waals surface area (Å²) < 4.78 is 13.1. The maximum Gasteiger partial charge on any atom is 0.410 e. The molecule has 2 rings (SSSR count). The van der Waals surface area contributed by atoms with Crippen LogP contribution in [0.1, 0.15) is 26.5 Å². The van der Waals surface area contributed by atoms with E-state index < -0.39 is 5.60 Å². The fourth-order valence-electron chi connectivity index (χ4n) is 2.77. The van der Waals surface area contributed by atoms with E-state index in [0.29, 0.717) is 32.8 Å². The fraction of sp³-hybridized carbons (Fsp3) is 0.765. The van der Waals surface area contributed by atoms with Crippen molar-refractivity contribution < 1.29 is 14.3 Å². The fourth-order valence-corrected chi connectivity index (χ4v) is 2.77. The Kier molecular flexibility index (Phi) is 6.29. The Morgan fingerprint density at radius 1 is 1.48 bits per heavy atom. The third-order valence-corrected chi connectivity index (χ3v) is 4.00. The average Bonchev–Trinajstić information content (AvgIpc) is 2.87. The van der Waals surface area contributed by atoms with E-state index in [4.69, 9.17) is 9.47 Å². The van der Waals surface area contributed by atoms with Gasteiger partial charge in [-0.3, -0.25) is 4.90 Å². The molecule has 1 aliphatic rings. The van der Waals surface area contributed by atoms with Crippen molar-refractivity contribution in [3.05, 3.63) is 11.9 Å². The van der Waals surface area contributed by atoms with Gasteiger partial charge in [0.15, 0.2) is 0 Å². The van der Waals surface area contributed by atoms with E-state index in [2.05, 4.69) is 14.9 Å². The summed E-state index contributed by atoms with van der Waals surface area (Å²) in [4.78, 5) is 20.5. The second-order valence-corrected chi connectivity index (χ2v) is 7.54. The van der Waals surface area contributed by atoms with Gasteiger partial charge < -0.3 is 24.3 Å². The third-order valence-electron chi connectivity index (χ3n) is 4.00. The Bertz CT molecular complexity index is 579. The minimum Gasteiger partial charge on any atom is -0.444 e. The number of nitrogens with one attached hydrogen (secondary N) is 1. The minimum absolute atomic E-state index is 0.0369. The molecule has 1 unspecified atom stereocenters. The van der Waals surface area contributed by atoms with Crippen LogP contribution in [0.3, 0.4) is 0 Å². The quantitative estimate of drug-likeness (QED) is 0.858. The van der Waals surface area contributed by atoms with Crippen LogP contribution in [-0.2, 0) is 23.1 Å². The van der Waals surface area contributed by atoms with E-state index in [0.717, 1.165) is 11.6 Å². The maximum atomic E-state index is 12.4. The van der Waals surface area contributed by atoms with Crippen molar-refractivity contribution in [3.63, 3.8) is 0 Å². The highest BCUT2D eigenvalue weighted by Crippen LogP contribution is 2.15. The highest BCUT2D eigenvalue weighted by atomic mass is 16.6. The van der Waals surface area contributed by atoms with Crippen molar-refractivity contribution >= 4 is 12.0 Å². The van der Waals surface area contributed by atoms with E-state index >= 15 is 0 Å². The van der Waals surface area contributed by atoms with Gasteiger partial charge in [-0.05, 0) is 20.8 Å². The molecule has 1 amide bonds. The summed E-state index contributed by atoms with van der Waals surface area (Å²) in [7, 11) is 5.94. The lowest BCUT2D eigenvalue weighted by Crippen LogP contribution is -2.54. The number of carbonyl (C=O) groups excluding carboxylic acids is 1. The van der Waals surface area contributed by atoms with Crippen molar-refractivity contribution in [2.75, 3.05) is 45.3 Å². The molecular formula is C17H31N5O3. The topological polar surface area (TPSA) is 71.9 Å². The molecule has 0 bridgehead atoms. The van der Waals surface area contributed by atoms with E-state index in [1.165, 1.54) is 0 Å². The molecule has 1 aliphatic heterocycles. The largest absolute Gasteiger partial charge is 0.444 e. The molecule has 1 atom stereocenters. The molecular weight excluding hydrogens is 322 g/mol. The van der Waals surface area contributed by atoms with Gasteiger partial charge in [0.2, 0.25) is 5.95 Å². The van der Waals surface area contributed by atoms with Crippen LogP contribution >= 0.6 is 0 Å². The molecule has 1 aromatic heterocycles. The number of rotatable bonds is 5. The first-order valence-electron chi connectivity index (χ1n) is 8.65. The van der Waals surface area contributed by atoms with Gasteiger partial charge in [-0.25, -0.2) is 9.78 Å². The number of hydrogen-bond donors (Lipinski definition) is 1. The summed E-state index contributed by atoms with van der Waals surface area (Å²) in [6.45, 7) is 8.57. The van der Waals surface area contributed by atoms with Gasteiger partial charge in [0, 0.05) is 40.8 Å². The molecule has 2 heterocycles. The van der Waals surface area contributed by atoms with Crippen molar-refractivity contribution in [2.45, 2.75) is 39.0 Å².